The maximum Gasteiger partial charge on any atom is 0.258 e. The minimum absolute atomic E-state index is 0.00541. The molecule has 0 saturated heterocycles. The number of carbonyl (C=O) groups is 1. The highest BCUT2D eigenvalue weighted by Gasteiger charge is 2.10. The number of carbonyl (C=O) groups excluding carboxylic acids is 1. The largest absolute Gasteiger partial charge is 0.484 e. The van der Waals surface area contributed by atoms with Crippen molar-refractivity contribution in [2.45, 2.75) is 26.3 Å². The van der Waals surface area contributed by atoms with Crippen molar-refractivity contribution >= 4 is 5.91 Å². The van der Waals surface area contributed by atoms with Crippen LogP contribution in [0.3, 0.4) is 0 Å². The van der Waals surface area contributed by atoms with Gasteiger partial charge in [0.2, 0.25) is 0 Å². The van der Waals surface area contributed by atoms with Crippen molar-refractivity contribution in [3.63, 3.8) is 0 Å². The highest BCUT2D eigenvalue weighted by molar-refractivity contribution is 5.78. The smallest absolute Gasteiger partial charge is 0.258 e. The van der Waals surface area contributed by atoms with Crippen LogP contribution in [0.4, 0.5) is 0 Å². The molecule has 26 heavy (non-hydrogen) atoms. The molecule has 3 rings (SSSR count). The van der Waals surface area contributed by atoms with E-state index in [-0.39, 0.29) is 18.6 Å². The fourth-order valence-corrected chi connectivity index (χ4v) is 2.63. The Morgan fingerprint density at radius 1 is 1.23 bits per heavy atom. The van der Waals surface area contributed by atoms with Crippen LogP contribution >= 0.6 is 0 Å². The summed E-state index contributed by atoms with van der Waals surface area (Å²) in [6.45, 7) is 4.02. The lowest BCUT2D eigenvalue weighted by Gasteiger charge is -2.15. The van der Waals surface area contributed by atoms with Crippen molar-refractivity contribution in [1.29, 1.82) is 0 Å². The summed E-state index contributed by atoms with van der Waals surface area (Å²) in [4.78, 5) is 16.1. The molecule has 6 nitrogen and oxygen atoms in total. The van der Waals surface area contributed by atoms with Gasteiger partial charge in [-0.1, -0.05) is 31.2 Å². The number of ether oxygens (including phenoxy) is 1. The molecule has 0 aliphatic rings. The van der Waals surface area contributed by atoms with Crippen molar-refractivity contribution in [2.75, 3.05) is 6.61 Å². The number of amides is 1. The lowest BCUT2D eigenvalue weighted by molar-refractivity contribution is -0.123. The van der Waals surface area contributed by atoms with Gasteiger partial charge in [-0.05, 0) is 48.7 Å². The van der Waals surface area contributed by atoms with Crippen LogP contribution in [-0.4, -0.2) is 27.3 Å². The number of aryl methyl sites for hydroxylation is 1. The van der Waals surface area contributed by atoms with E-state index in [9.17, 15) is 4.79 Å². The Balaban J connectivity index is 1.53. The van der Waals surface area contributed by atoms with Gasteiger partial charge in [-0.2, -0.15) is 5.10 Å². The number of hydrogen-bond donors (Lipinski definition) is 1. The minimum Gasteiger partial charge on any atom is -0.484 e. The number of aromatic nitrogens is 3. The lowest BCUT2D eigenvalue weighted by atomic mass is 10.1. The van der Waals surface area contributed by atoms with Crippen LogP contribution in [0.15, 0.2) is 61.2 Å². The van der Waals surface area contributed by atoms with Gasteiger partial charge in [0.25, 0.3) is 5.91 Å². The first-order valence-electron chi connectivity index (χ1n) is 8.61. The molecule has 0 fully saturated rings. The first-order chi connectivity index (χ1) is 12.7. The van der Waals surface area contributed by atoms with Crippen LogP contribution in [-0.2, 0) is 11.2 Å². The molecule has 3 aromatic rings. The van der Waals surface area contributed by atoms with Crippen molar-refractivity contribution in [2.24, 2.45) is 0 Å². The highest BCUT2D eigenvalue weighted by Crippen LogP contribution is 2.16. The molecular formula is C20H22N4O2. The Morgan fingerprint density at radius 3 is 2.73 bits per heavy atom. The van der Waals surface area contributed by atoms with Crippen LogP contribution in [0, 0.1) is 0 Å². The standard InChI is InChI=1S/C20H22N4O2/c1-3-16-5-4-6-19(11-16)26-12-20(25)23-15(2)17-7-9-18(10-8-17)24-14-21-13-22-24/h4-11,13-15H,3,12H2,1-2H3,(H,23,25)/t15-/m0/s1. The molecule has 6 heteroatoms. The fraction of sp³-hybridized carbons (Fsp3) is 0.250. The molecule has 0 aliphatic heterocycles. The van der Waals surface area contributed by atoms with E-state index in [2.05, 4.69) is 22.3 Å². The van der Waals surface area contributed by atoms with Gasteiger partial charge in [0.15, 0.2) is 6.61 Å². The quantitative estimate of drug-likeness (QED) is 0.711. The van der Waals surface area contributed by atoms with Gasteiger partial charge < -0.3 is 10.1 Å². The fourth-order valence-electron chi connectivity index (χ4n) is 2.63. The number of benzene rings is 2. The van der Waals surface area contributed by atoms with Crippen LogP contribution in [0.2, 0.25) is 0 Å². The SMILES string of the molecule is CCc1cccc(OCC(=O)N[C@@H](C)c2ccc(-n3cncn3)cc2)c1. The van der Waals surface area contributed by atoms with E-state index in [0.717, 1.165) is 17.7 Å². The second-order valence-electron chi connectivity index (χ2n) is 6.01. The van der Waals surface area contributed by atoms with Crippen molar-refractivity contribution < 1.29 is 9.53 Å². The Labute approximate surface area is 152 Å². The van der Waals surface area contributed by atoms with E-state index in [1.54, 1.807) is 11.0 Å². The maximum atomic E-state index is 12.1. The molecule has 0 radical (unpaired) electrons. The summed E-state index contributed by atoms with van der Waals surface area (Å²) in [5.41, 5.74) is 3.11. The summed E-state index contributed by atoms with van der Waals surface area (Å²) in [6.07, 6.45) is 4.07. The first-order valence-corrected chi connectivity index (χ1v) is 8.61. The maximum absolute atomic E-state index is 12.1. The number of nitrogens with one attached hydrogen (secondary N) is 1. The molecule has 0 unspecified atom stereocenters. The summed E-state index contributed by atoms with van der Waals surface area (Å²) in [7, 11) is 0. The molecule has 1 aromatic heterocycles. The second-order valence-corrected chi connectivity index (χ2v) is 6.01. The van der Waals surface area contributed by atoms with Crippen molar-refractivity contribution in [1.82, 2.24) is 20.1 Å². The predicted molar refractivity (Wildman–Crippen MR) is 99.2 cm³/mol. The van der Waals surface area contributed by atoms with E-state index in [1.807, 2.05) is 55.5 Å². The average Bonchev–Trinajstić information content (AvgIpc) is 3.21. The predicted octanol–water partition coefficient (Wildman–Crippen LogP) is 3.09. The third kappa shape index (κ3) is 4.47. The second kappa shape index (κ2) is 8.29. The van der Waals surface area contributed by atoms with Gasteiger partial charge >= 0.3 is 0 Å². The molecule has 1 N–H and O–H groups in total. The third-order valence-corrected chi connectivity index (χ3v) is 4.13. The Kier molecular flexibility index (Phi) is 5.63. The van der Waals surface area contributed by atoms with E-state index in [1.165, 1.54) is 11.9 Å². The Bertz CT molecular complexity index is 845. The summed E-state index contributed by atoms with van der Waals surface area (Å²) in [5, 5.41) is 7.04. The molecule has 134 valence electrons. The summed E-state index contributed by atoms with van der Waals surface area (Å²) >= 11 is 0. The average molecular weight is 350 g/mol. The summed E-state index contributed by atoms with van der Waals surface area (Å²) in [5.74, 6) is 0.559. The normalized spacial score (nSPS) is 11.8. The molecule has 1 amide bonds. The topological polar surface area (TPSA) is 69.0 Å². The van der Waals surface area contributed by atoms with Crippen LogP contribution in [0.25, 0.3) is 5.69 Å². The molecule has 0 bridgehead atoms. The van der Waals surface area contributed by atoms with Gasteiger partial charge in [-0.15, -0.1) is 0 Å². The molecule has 0 spiro atoms. The molecule has 1 atom stereocenters. The van der Waals surface area contributed by atoms with E-state index < -0.39 is 0 Å². The molecule has 2 aromatic carbocycles. The number of rotatable bonds is 7. The lowest BCUT2D eigenvalue weighted by Crippen LogP contribution is -2.31. The molecule has 0 saturated carbocycles. The monoisotopic (exact) mass is 350 g/mol. The highest BCUT2D eigenvalue weighted by atomic mass is 16.5. The van der Waals surface area contributed by atoms with Crippen LogP contribution in [0.5, 0.6) is 5.75 Å². The third-order valence-electron chi connectivity index (χ3n) is 4.13. The van der Waals surface area contributed by atoms with Gasteiger partial charge in [-0.3, -0.25) is 4.79 Å². The minimum atomic E-state index is -0.153. The first kappa shape index (κ1) is 17.7. The Hall–Kier alpha value is -3.15. The number of nitrogens with zero attached hydrogens (tertiary/aromatic N) is 3. The van der Waals surface area contributed by atoms with Crippen molar-refractivity contribution in [3.05, 3.63) is 72.3 Å². The van der Waals surface area contributed by atoms with E-state index in [4.69, 9.17) is 4.74 Å². The number of hydrogen-bond acceptors (Lipinski definition) is 4. The molecule has 0 aliphatic carbocycles. The molecular weight excluding hydrogens is 328 g/mol. The van der Waals surface area contributed by atoms with Gasteiger partial charge in [0.1, 0.15) is 18.4 Å². The summed E-state index contributed by atoms with van der Waals surface area (Å²) < 4.78 is 7.27. The zero-order valence-corrected chi connectivity index (χ0v) is 14.9. The summed E-state index contributed by atoms with van der Waals surface area (Å²) in [6, 6.07) is 15.5. The van der Waals surface area contributed by atoms with Crippen LogP contribution in [0.1, 0.15) is 31.0 Å². The molecule has 1 heterocycles. The van der Waals surface area contributed by atoms with Gasteiger partial charge in [-0.25, -0.2) is 9.67 Å². The Morgan fingerprint density at radius 2 is 2.04 bits per heavy atom. The van der Waals surface area contributed by atoms with Crippen LogP contribution < -0.4 is 10.1 Å². The zero-order valence-electron chi connectivity index (χ0n) is 14.9. The zero-order chi connectivity index (χ0) is 18.4. The van der Waals surface area contributed by atoms with Gasteiger partial charge in [0, 0.05) is 0 Å². The van der Waals surface area contributed by atoms with E-state index >= 15 is 0 Å². The van der Waals surface area contributed by atoms with Crippen molar-refractivity contribution in [3.8, 4) is 11.4 Å². The van der Waals surface area contributed by atoms with Gasteiger partial charge in [0.05, 0.1) is 11.7 Å². The van der Waals surface area contributed by atoms with E-state index in [0.29, 0.717) is 5.75 Å².